The van der Waals surface area contributed by atoms with Crippen LogP contribution >= 0.6 is 11.3 Å². The number of nitrogens with zero attached hydrogens (tertiary/aromatic N) is 2. The second-order valence-corrected chi connectivity index (χ2v) is 7.58. The second-order valence-electron chi connectivity index (χ2n) is 6.50. The van der Waals surface area contributed by atoms with Crippen LogP contribution in [0, 0.1) is 0 Å². The first-order valence-corrected chi connectivity index (χ1v) is 9.47. The third-order valence-corrected chi connectivity index (χ3v) is 5.87. The molecule has 0 atom stereocenters. The van der Waals surface area contributed by atoms with Crippen molar-refractivity contribution in [1.29, 1.82) is 0 Å². The van der Waals surface area contributed by atoms with Crippen molar-refractivity contribution in [2.24, 2.45) is 0 Å². The highest BCUT2D eigenvalue weighted by Gasteiger charge is 2.20. The molecule has 0 radical (unpaired) electrons. The van der Waals surface area contributed by atoms with Crippen molar-refractivity contribution < 1.29 is 14.7 Å². The minimum atomic E-state index is -1.03. The van der Waals surface area contributed by atoms with E-state index in [0.29, 0.717) is 11.1 Å². The molecule has 1 aromatic carbocycles. The molecular formula is C19H17N3O4S. The first-order valence-electron chi connectivity index (χ1n) is 8.66. The summed E-state index contributed by atoms with van der Waals surface area (Å²) in [6.45, 7) is -0.146. The normalized spacial score (nSPS) is 13.3. The van der Waals surface area contributed by atoms with Crippen LogP contribution in [0.1, 0.15) is 33.6 Å². The summed E-state index contributed by atoms with van der Waals surface area (Å²) in [7, 11) is 0. The number of carbonyl (C=O) groups excluding carboxylic acids is 1. The van der Waals surface area contributed by atoms with Gasteiger partial charge in [-0.2, -0.15) is 0 Å². The first kappa shape index (κ1) is 17.4. The van der Waals surface area contributed by atoms with E-state index >= 15 is 0 Å². The lowest BCUT2D eigenvalue weighted by Crippen LogP contribution is -2.28. The number of hydrogen-bond donors (Lipinski definition) is 2. The van der Waals surface area contributed by atoms with Crippen LogP contribution in [0.4, 0.5) is 5.69 Å². The number of amides is 1. The Labute approximate surface area is 158 Å². The highest BCUT2D eigenvalue weighted by Crippen LogP contribution is 2.33. The van der Waals surface area contributed by atoms with Crippen LogP contribution in [0.2, 0.25) is 0 Å². The van der Waals surface area contributed by atoms with E-state index in [9.17, 15) is 14.4 Å². The fraction of sp³-hybridized carbons (Fsp3) is 0.263. The number of anilines is 1. The summed E-state index contributed by atoms with van der Waals surface area (Å²) >= 11 is 1.57. The van der Waals surface area contributed by atoms with Gasteiger partial charge in [-0.05, 0) is 55.5 Å². The number of nitrogens with one attached hydrogen (secondary N) is 1. The molecule has 2 aromatic heterocycles. The summed E-state index contributed by atoms with van der Waals surface area (Å²) in [5.74, 6) is -1.40. The number of carboxylic acid groups (broad SMARTS) is 1. The third-order valence-electron chi connectivity index (χ3n) is 4.67. The Bertz CT molecular complexity index is 1100. The van der Waals surface area contributed by atoms with Gasteiger partial charge in [0.2, 0.25) is 5.91 Å². The van der Waals surface area contributed by atoms with Crippen molar-refractivity contribution in [2.45, 2.75) is 32.2 Å². The maximum absolute atomic E-state index is 12.9. The summed E-state index contributed by atoms with van der Waals surface area (Å²) in [6, 6.07) is 5.85. The predicted molar refractivity (Wildman–Crippen MR) is 103 cm³/mol. The Morgan fingerprint density at radius 3 is 2.67 bits per heavy atom. The summed E-state index contributed by atoms with van der Waals surface area (Å²) in [6.07, 6.45) is 5.50. The van der Waals surface area contributed by atoms with E-state index in [2.05, 4.69) is 10.3 Å². The molecule has 0 aliphatic heterocycles. The zero-order valence-electron chi connectivity index (χ0n) is 14.4. The fourth-order valence-corrected chi connectivity index (χ4v) is 4.56. The van der Waals surface area contributed by atoms with Crippen LogP contribution in [0.3, 0.4) is 0 Å². The Morgan fingerprint density at radius 2 is 1.93 bits per heavy atom. The molecule has 2 heterocycles. The Balaban J connectivity index is 1.56. The zero-order valence-corrected chi connectivity index (χ0v) is 15.2. The van der Waals surface area contributed by atoms with Crippen molar-refractivity contribution in [3.8, 4) is 0 Å². The summed E-state index contributed by atoms with van der Waals surface area (Å²) in [5, 5.41) is 12.2. The lowest BCUT2D eigenvalue weighted by Gasteiger charge is -2.10. The predicted octanol–water partition coefficient (Wildman–Crippen LogP) is 2.67. The molecule has 4 rings (SSSR count). The molecule has 3 aromatic rings. The summed E-state index contributed by atoms with van der Waals surface area (Å²) in [4.78, 5) is 42.4. The van der Waals surface area contributed by atoms with Gasteiger partial charge in [0.05, 0.1) is 17.3 Å². The van der Waals surface area contributed by atoms with Gasteiger partial charge in [-0.1, -0.05) is 0 Å². The number of hydrogen-bond acceptors (Lipinski definition) is 5. The number of carbonyl (C=O) groups is 2. The molecule has 7 nitrogen and oxygen atoms in total. The minimum absolute atomic E-state index is 0.140. The first-order chi connectivity index (χ1) is 13.0. The maximum Gasteiger partial charge on any atom is 0.335 e. The minimum Gasteiger partial charge on any atom is -0.478 e. The van der Waals surface area contributed by atoms with Gasteiger partial charge >= 0.3 is 5.97 Å². The van der Waals surface area contributed by atoms with E-state index in [1.54, 1.807) is 11.3 Å². The van der Waals surface area contributed by atoms with Gasteiger partial charge in [0.25, 0.3) is 5.56 Å². The van der Waals surface area contributed by atoms with Crippen LogP contribution in [0.25, 0.3) is 10.2 Å². The molecule has 2 N–H and O–H groups in total. The van der Waals surface area contributed by atoms with Crippen LogP contribution in [-0.4, -0.2) is 26.5 Å². The van der Waals surface area contributed by atoms with Gasteiger partial charge in [0.1, 0.15) is 11.4 Å². The fourth-order valence-electron chi connectivity index (χ4n) is 3.35. The van der Waals surface area contributed by atoms with E-state index in [1.807, 2.05) is 0 Å². The van der Waals surface area contributed by atoms with E-state index in [4.69, 9.17) is 5.11 Å². The molecule has 138 valence electrons. The Kier molecular flexibility index (Phi) is 4.49. The van der Waals surface area contributed by atoms with Gasteiger partial charge in [0.15, 0.2) is 0 Å². The number of rotatable bonds is 4. The largest absolute Gasteiger partial charge is 0.478 e. The standard InChI is InChI=1S/C19H17N3O4S/c23-15(21-12-7-5-11(6-8-12)19(25)26)9-22-10-20-17-16(18(22)24)13-3-1-2-4-14(13)27-17/h5-8,10H,1-4,9H2,(H,21,23)(H,25,26). The van der Waals surface area contributed by atoms with Crippen LogP contribution in [-0.2, 0) is 24.2 Å². The van der Waals surface area contributed by atoms with Crippen LogP contribution < -0.4 is 10.9 Å². The molecule has 0 fully saturated rings. The van der Waals surface area contributed by atoms with E-state index in [-0.39, 0.29) is 23.6 Å². The highest BCUT2D eigenvalue weighted by molar-refractivity contribution is 7.18. The molecule has 0 spiro atoms. The molecule has 0 bridgehead atoms. The number of benzene rings is 1. The van der Waals surface area contributed by atoms with Gasteiger partial charge in [0, 0.05) is 10.6 Å². The molecule has 1 aliphatic carbocycles. The number of aryl methyl sites for hydroxylation is 2. The monoisotopic (exact) mass is 383 g/mol. The Morgan fingerprint density at radius 1 is 1.19 bits per heavy atom. The Hall–Kier alpha value is -3.00. The van der Waals surface area contributed by atoms with Crippen molar-refractivity contribution in [3.05, 3.63) is 57.0 Å². The molecule has 0 saturated carbocycles. The quantitative estimate of drug-likeness (QED) is 0.721. The number of aromatic nitrogens is 2. The number of fused-ring (bicyclic) bond motifs is 3. The van der Waals surface area contributed by atoms with Crippen LogP contribution in [0.5, 0.6) is 0 Å². The molecule has 0 unspecified atom stereocenters. The van der Waals surface area contributed by atoms with Gasteiger partial charge < -0.3 is 10.4 Å². The molecule has 0 saturated heterocycles. The highest BCUT2D eigenvalue weighted by atomic mass is 32.1. The van der Waals surface area contributed by atoms with Crippen molar-refractivity contribution >= 4 is 39.1 Å². The second kappa shape index (κ2) is 6.96. The van der Waals surface area contributed by atoms with Gasteiger partial charge in [-0.15, -0.1) is 11.3 Å². The lowest BCUT2D eigenvalue weighted by molar-refractivity contribution is -0.116. The SMILES string of the molecule is O=C(Cn1cnc2sc3c(c2c1=O)CCCC3)Nc1ccc(C(=O)O)cc1. The van der Waals surface area contributed by atoms with Gasteiger partial charge in [-0.25, -0.2) is 9.78 Å². The van der Waals surface area contributed by atoms with Crippen molar-refractivity contribution in [3.63, 3.8) is 0 Å². The topological polar surface area (TPSA) is 101 Å². The smallest absolute Gasteiger partial charge is 0.335 e. The van der Waals surface area contributed by atoms with Crippen molar-refractivity contribution in [2.75, 3.05) is 5.32 Å². The average molecular weight is 383 g/mol. The molecule has 27 heavy (non-hydrogen) atoms. The molecular weight excluding hydrogens is 366 g/mol. The van der Waals surface area contributed by atoms with E-state index in [0.717, 1.165) is 36.1 Å². The third kappa shape index (κ3) is 3.35. The lowest BCUT2D eigenvalue weighted by atomic mass is 9.97. The zero-order chi connectivity index (χ0) is 19.0. The summed E-state index contributed by atoms with van der Waals surface area (Å²) < 4.78 is 1.32. The van der Waals surface area contributed by atoms with Gasteiger partial charge in [-0.3, -0.25) is 14.2 Å². The number of aromatic carboxylic acids is 1. The molecule has 1 amide bonds. The molecule has 8 heteroatoms. The van der Waals surface area contributed by atoms with Crippen molar-refractivity contribution in [1.82, 2.24) is 9.55 Å². The van der Waals surface area contributed by atoms with Crippen LogP contribution in [0.15, 0.2) is 35.4 Å². The number of thiophene rings is 1. The average Bonchev–Trinajstić information content (AvgIpc) is 3.04. The van der Waals surface area contributed by atoms with E-state index in [1.165, 1.54) is 40.0 Å². The molecule has 1 aliphatic rings. The maximum atomic E-state index is 12.9. The number of carboxylic acids is 1. The summed E-state index contributed by atoms with van der Waals surface area (Å²) in [5.41, 5.74) is 1.52. The van der Waals surface area contributed by atoms with E-state index < -0.39 is 5.97 Å².